The molecule has 0 fully saturated rings. The first-order valence-corrected chi connectivity index (χ1v) is 14.6. The van der Waals surface area contributed by atoms with E-state index in [2.05, 4.69) is 58.1 Å². The predicted octanol–water partition coefficient (Wildman–Crippen LogP) is 6.41. The number of thioether (sulfide) groups is 1. The first kappa shape index (κ1) is 25.6. The molecule has 0 radical (unpaired) electrons. The molecule has 1 unspecified atom stereocenters. The zero-order valence-electron chi connectivity index (χ0n) is 19.5. The van der Waals surface area contributed by atoms with Crippen molar-refractivity contribution >= 4 is 26.0 Å². The number of methoxy groups -OCH3 is 1. The Bertz CT molecular complexity index is 829. The summed E-state index contributed by atoms with van der Waals surface area (Å²) < 4.78 is 24.4. The van der Waals surface area contributed by atoms with Gasteiger partial charge in [0.1, 0.15) is 11.1 Å². The second kappa shape index (κ2) is 11.3. The van der Waals surface area contributed by atoms with Crippen LogP contribution in [0.25, 0.3) is 0 Å². The summed E-state index contributed by atoms with van der Waals surface area (Å²) in [6, 6.07) is 14.8. The Hall–Kier alpha value is -1.63. The van der Waals surface area contributed by atoms with E-state index < -0.39 is 8.32 Å². The molecule has 0 aliphatic rings. The number of benzene rings is 2. The van der Waals surface area contributed by atoms with Crippen LogP contribution >= 0.6 is 11.8 Å². The van der Waals surface area contributed by atoms with E-state index in [4.69, 9.17) is 9.16 Å². The molecular formula is C25H35FO3SSi. The second-order valence-corrected chi connectivity index (χ2v) is 15.4. The molecule has 31 heavy (non-hydrogen) atoms. The number of hydrogen-bond donors (Lipinski definition) is 0. The number of rotatable bonds is 10. The molecule has 0 aromatic heterocycles. The van der Waals surface area contributed by atoms with Gasteiger partial charge in [0.05, 0.1) is 13.7 Å². The third-order valence-corrected chi connectivity index (χ3v) is 11.6. The van der Waals surface area contributed by atoms with Crippen molar-refractivity contribution in [2.45, 2.75) is 63.6 Å². The summed E-state index contributed by atoms with van der Waals surface area (Å²) in [4.78, 5) is 12.3. The Morgan fingerprint density at radius 1 is 1.00 bits per heavy atom. The highest BCUT2D eigenvalue weighted by molar-refractivity contribution is 8.00. The molecule has 0 aliphatic carbocycles. The lowest BCUT2D eigenvalue weighted by molar-refractivity contribution is -0.139. The number of aryl methyl sites for hydroxylation is 1. The van der Waals surface area contributed by atoms with Crippen molar-refractivity contribution < 1.29 is 18.3 Å². The third-order valence-electron chi connectivity index (χ3n) is 5.94. The lowest BCUT2D eigenvalue weighted by Crippen LogP contribution is -2.40. The Morgan fingerprint density at radius 2 is 1.55 bits per heavy atom. The van der Waals surface area contributed by atoms with Crippen LogP contribution in [-0.4, -0.2) is 32.4 Å². The topological polar surface area (TPSA) is 35.5 Å². The fraction of sp³-hybridized carbons (Fsp3) is 0.480. The van der Waals surface area contributed by atoms with Gasteiger partial charge in [0.25, 0.3) is 0 Å². The molecule has 2 rings (SSSR count). The first-order chi connectivity index (χ1) is 14.5. The van der Waals surface area contributed by atoms with E-state index in [1.807, 2.05) is 0 Å². The molecule has 0 saturated carbocycles. The van der Waals surface area contributed by atoms with Crippen molar-refractivity contribution in [2.75, 3.05) is 12.9 Å². The molecule has 3 nitrogen and oxygen atoms in total. The van der Waals surface area contributed by atoms with Crippen LogP contribution in [0.2, 0.25) is 18.1 Å². The van der Waals surface area contributed by atoms with E-state index in [1.54, 1.807) is 23.9 Å². The molecule has 2 aromatic rings. The SMILES string of the molecule is COC(=O)C(Cc1ccc(CO[Si](C)(C)C(C)(C)C)cc1)SCCc1ccc(F)cc1. The summed E-state index contributed by atoms with van der Waals surface area (Å²) in [6.45, 7) is 11.8. The fourth-order valence-electron chi connectivity index (χ4n) is 2.78. The molecule has 0 N–H and O–H groups in total. The van der Waals surface area contributed by atoms with Gasteiger partial charge >= 0.3 is 5.97 Å². The average Bonchev–Trinajstić information content (AvgIpc) is 2.72. The van der Waals surface area contributed by atoms with Gasteiger partial charge in [-0.15, -0.1) is 11.8 Å². The summed E-state index contributed by atoms with van der Waals surface area (Å²) in [5.41, 5.74) is 3.30. The fourth-order valence-corrected chi connectivity index (χ4v) is 4.92. The van der Waals surface area contributed by atoms with E-state index in [0.717, 1.165) is 28.9 Å². The van der Waals surface area contributed by atoms with E-state index >= 15 is 0 Å². The highest BCUT2D eigenvalue weighted by atomic mass is 32.2. The van der Waals surface area contributed by atoms with Crippen molar-refractivity contribution in [3.63, 3.8) is 0 Å². The maximum absolute atomic E-state index is 13.0. The molecule has 2 aromatic carbocycles. The monoisotopic (exact) mass is 462 g/mol. The quantitative estimate of drug-likeness (QED) is 0.302. The summed E-state index contributed by atoms with van der Waals surface area (Å²) in [6.07, 6.45) is 1.40. The smallest absolute Gasteiger partial charge is 0.319 e. The molecule has 0 amide bonds. The minimum atomic E-state index is -1.78. The number of esters is 1. The normalized spacial score (nSPS) is 13.1. The van der Waals surface area contributed by atoms with Gasteiger partial charge in [-0.25, -0.2) is 4.39 Å². The second-order valence-electron chi connectivity index (χ2n) is 9.33. The highest BCUT2D eigenvalue weighted by Gasteiger charge is 2.37. The van der Waals surface area contributed by atoms with Gasteiger partial charge < -0.3 is 9.16 Å². The Morgan fingerprint density at radius 3 is 2.10 bits per heavy atom. The molecule has 0 heterocycles. The highest BCUT2D eigenvalue weighted by Crippen LogP contribution is 2.37. The average molecular weight is 463 g/mol. The number of carbonyl (C=O) groups excluding carboxylic acids is 1. The molecule has 0 spiro atoms. The van der Waals surface area contributed by atoms with E-state index in [9.17, 15) is 9.18 Å². The maximum Gasteiger partial charge on any atom is 0.319 e. The van der Waals surface area contributed by atoms with Crippen LogP contribution in [0.4, 0.5) is 4.39 Å². The lowest BCUT2D eigenvalue weighted by Gasteiger charge is -2.36. The van der Waals surface area contributed by atoms with Crippen LogP contribution in [0.15, 0.2) is 48.5 Å². The zero-order chi connectivity index (χ0) is 23.1. The van der Waals surface area contributed by atoms with Crippen LogP contribution in [0.1, 0.15) is 37.5 Å². The van der Waals surface area contributed by atoms with E-state index in [1.165, 1.54) is 19.2 Å². The van der Waals surface area contributed by atoms with Crippen molar-refractivity contribution in [1.29, 1.82) is 0 Å². The van der Waals surface area contributed by atoms with Crippen LogP contribution in [0, 0.1) is 5.82 Å². The predicted molar refractivity (Wildman–Crippen MR) is 130 cm³/mol. The molecule has 170 valence electrons. The van der Waals surface area contributed by atoms with E-state index in [0.29, 0.717) is 13.0 Å². The lowest BCUT2D eigenvalue weighted by atomic mass is 10.1. The summed E-state index contributed by atoms with van der Waals surface area (Å²) >= 11 is 1.58. The summed E-state index contributed by atoms with van der Waals surface area (Å²) in [7, 11) is -0.351. The minimum Gasteiger partial charge on any atom is -0.468 e. The van der Waals surface area contributed by atoms with Gasteiger partial charge in [0.15, 0.2) is 8.32 Å². The maximum atomic E-state index is 13.0. The van der Waals surface area contributed by atoms with Crippen LogP contribution in [0.5, 0.6) is 0 Å². The van der Waals surface area contributed by atoms with Crippen molar-refractivity contribution in [2.24, 2.45) is 0 Å². The number of hydrogen-bond acceptors (Lipinski definition) is 4. The van der Waals surface area contributed by atoms with Gasteiger partial charge in [0, 0.05) is 0 Å². The van der Waals surface area contributed by atoms with Crippen LogP contribution < -0.4 is 0 Å². The number of carbonyl (C=O) groups is 1. The Kier molecular flexibility index (Phi) is 9.34. The number of ether oxygens (including phenoxy) is 1. The van der Waals surface area contributed by atoms with Crippen molar-refractivity contribution in [3.8, 4) is 0 Å². The van der Waals surface area contributed by atoms with Crippen molar-refractivity contribution in [1.82, 2.24) is 0 Å². The Labute approximate surface area is 191 Å². The van der Waals surface area contributed by atoms with Gasteiger partial charge in [-0.05, 0) is 65.5 Å². The molecule has 0 aliphatic heterocycles. The largest absolute Gasteiger partial charge is 0.468 e. The van der Waals surface area contributed by atoms with Crippen LogP contribution in [-0.2, 0) is 33.4 Å². The molecular weight excluding hydrogens is 427 g/mol. The molecule has 6 heteroatoms. The minimum absolute atomic E-state index is 0.186. The summed E-state index contributed by atoms with van der Waals surface area (Å²) in [5, 5.41) is -0.0778. The third kappa shape index (κ3) is 8.09. The zero-order valence-corrected chi connectivity index (χ0v) is 21.4. The van der Waals surface area contributed by atoms with Gasteiger partial charge in [0.2, 0.25) is 0 Å². The molecule has 1 atom stereocenters. The summed E-state index contributed by atoms with van der Waals surface area (Å²) in [5.74, 6) is 0.320. The number of halogens is 1. The van der Waals surface area contributed by atoms with E-state index in [-0.39, 0.29) is 22.1 Å². The standard InChI is InChI=1S/C25H35FO3SSi/c1-25(2,3)31(5,6)29-18-21-9-7-20(8-10-21)17-23(24(27)28-4)30-16-15-19-11-13-22(26)14-12-19/h7-14,23H,15-18H2,1-6H3. The van der Waals surface area contributed by atoms with Crippen molar-refractivity contribution in [3.05, 3.63) is 71.0 Å². The van der Waals surface area contributed by atoms with Gasteiger partial charge in [-0.1, -0.05) is 57.2 Å². The molecule has 0 bridgehead atoms. The molecule has 0 saturated heterocycles. The Balaban J connectivity index is 1.92. The van der Waals surface area contributed by atoms with Gasteiger partial charge in [-0.2, -0.15) is 0 Å². The van der Waals surface area contributed by atoms with Crippen LogP contribution in [0.3, 0.4) is 0 Å². The van der Waals surface area contributed by atoms with Gasteiger partial charge in [-0.3, -0.25) is 4.79 Å². The first-order valence-electron chi connectivity index (χ1n) is 10.7.